The van der Waals surface area contributed by atoms with Crippen LogP contribution in [0.15, 0.2) is 45.1 Å². The van der Waals surface area contributed by atoms with Gasteiger partial charge in [-0.3, -0.25) is 0 Å². The zero-order valence-electron chi connectivity index (χ0n) is 16.5. The van der Waals surface area contributed by atoms with Gasteiger partial charge in [0.1, 0.15) is 16.7 Å². The number of fused-ring (bicyclic) bond motifs is 1. The Morgan fingerprint density at radius 2 is 1.76 bits per heavy atom. The number of hydrogen-bond acceptors (Lipinski definition) is 7. The van der Waals surface area contributed by atoms with E-state index in [2.05, 4.69) is 26.9 Å². The average molecular weight is 436 g/mol. The summed E-state index contributed by atoms with van der Waals surface area (Å²) in [7, 11) is -1.83. The molecule has 29 heavy (non-hydrogen) atoms. The first-order valence-electron chi connectivity index (χ1n) is 9.20. The molecule has 0 N–H and O–H groups in total. The summed E-state index contributed by atoms with van der Waals surface area (Å²) in [6.07, 6.45) is 1.79. The summed E-state index contributed by atoms with van der Waals surface area (Å²) in [5.74, 6) is 0.344. The molecule has 3 aromatic rings. The van der Waals surface area contributed by atoms with Gasteiger partial charge in [0.2, 0.25) is 9.84 Å². The Morgan fingerprint density at radius 1 is 1.10 bits per heavy atom. The second-order valence-corrected chi connectivity index (χ2v) is 9.76. The van der Waals surface area contributed by atoms with Gasteiger partial charge in [0.15, 0.2) is 10.5 Å². The van der Waals surface area contributed by atoms with Crippen LogP contribution in [-0.4, -0.2) is 67.4 Å². The zero-order valence-corrected chi connectivity index (χ0v) is 18.1. The molecule has 10 heteroatoms. The van der Waals surface area contributed by atoms with Crippen molar-refractivity contribution in [2.45, 2.75) is 21.7 Å². The van der Waals surface area contributed by atoms with Crippen LogP contribution in [0.3, 0.4) is 0 Å². The highest BCUT2D eigenvalue weighted by molar-refractivity contribution is 7.99. The molecule has 0 amide bonds. The van der Waals surface area contributed by atoms with Gasteiger partial charge in [-0.15, -0.1) is 11.8 Å². The zero-order chi connectivity index (χ0) is 20.8. The molecule has 0 aliphatic carbocycles. The Labute approximate surface area is 173 Å². The minimum atomic E-state index is -3.91. The number of aromatic nitrogens is 3. The minimum absolute atomic E-state index is 0.0218. The maximum absolute atomic E-state index is 13.4. The number of rotatable bonds is 4. The van der Waals surface area contributed by atoms with Crippen LogP contribution < -0.4 is 4.90 Å². The Balaban J connectivity index is 1.92. The summed E-state index contributed by atoms with van der Waals surface area (Å²) < 4.78 is 41.7. The van der Waals surface area contributed by atoms with Crippen LogP contribution in [-0.2, 0) is 9.84 Å². The smallest absolute Gasteiger partial charge is 0.213 e. The number of piperazine rings is 1. The van der Waals surface area contributed by atoms with Crippen LogP contribution in [0.25, 0.3) is 5.65 Å². The van der Waals surface area contributed by atoms with Crippen molar-refractivity contribution in [1.29, 1.82) is 0 Å². The molecule has 0 saturated carbocycles. The monoisotopic (exact) mass is 435 g/mol. The summed E-state index contributed by atoms with van der Waals surface area (Å²) in [6.45, 7) is 5.33. The number of halogens is 1. The van der Waals surface area contributed by atoms with Crippen molar-refractivity contribution in [3.05, 3.63) is 41.8 Å². The van der Waals surface area contributed by atoms with Gasteiger partial charge in [-0.25, -0.2) is 17.8 Å². The number of benzene rings is 1. The fourth-order valence-corrected chi connectivity index (χ4v) is 5.83. The molecule has 0 bridgehead atoms. The Morgan fingerprint density at radius 3 is 2.38 bits per heavy atom. The van der Waals surface area contributed by atoms with Crippen molar-refractivity contribution in [2.75, 3.05) is 44.4 Å². The van der Waals surface area contributed by atoms with Gasteiger partial charge in [0.05, 0.1) is 4.90 Å². The predicted octanol–water partition coefficient (Wildman–Crippen LogP) is 2.48. The van der Waals surface area contributed by atoms with Crippen LogP contribution in [0.4, 0.5) is 10.2 Å². The molecule has 0 unspecified atom stereocenters. The van der Waals surface area contributed by atoms with E-state index in [0.717, 1.165) is 49.8 Å². The molecule has 2 aromatic heterocycles. The highest BCUT2D eigenvalue weighted by atomic mass is 32.2. The van der Waals surface area contributed by atoms with Crippen LogP contribution >= 0.6 is 11.8 Å². The van der Waals surface area contributed by atoms with Crippen molar-refractivity contribution >= 4 is 33.1 Å². The second-order valence-electron chi connectivity index (χ2n) is 7.08. The summed E-state index contributed by atoms with van der Waals surface area (Å²) in [5, 5.41) is 4.96. The molecule has 4 rings (SSSR count). The molecule has 7 nitrogen and oxygen atoms in total. The molecule has 1 aliphatic rings. The fourth-order valence-electron chi connectivity index (χ4n) is 3.44. The molecule has 0 spiro atoms. The van der Waals surface area contributed by atoms with Crippen LogP contribution in [0.5, 0.6) is 0 Å². The van der Waals surface area contributed by atoms with E-state index < -0.39 is 15.7 Å². The van der Waals surface area contributed by atoms with Crippen molar-refractivity contribution in [3.8, 4) is 0 Å². The van der Waals surface area contributed by atoms with E-state index in [1.165, 1.54) is 23.9 Å². The quantitative estimate of drug-likeness (QED) is 0.461. The Bertz CT molecular complexity index is 1150. The number of nitrogens with zero attached hydrogens (tertiary/aromatic N) is 5. The molecule has 1 aliphatic heterocycles. The van der Waals surface area contributed by atoms with E-state index in [9.17, 15) is 12.8 Å². The first-order chi connectivity index (χ1) is 13.8. The minimum Gasteiger partial charge on any atom is -0.354 e. The molecule has 3 heterocycles. The number of sulfone groups is 1. The third-order valence-corrected chi connectivity index (χ3v) is 7.65. The molecule has 1 aromatic carbocycles. The second kappa shape index (κ2) is 7.58. The standard InChI is InChI=1S/C19H22FN5O2S2/c1-13-12-16(24-10-8-23(2)9-11-24)25-18(21-13)17(19(22-25)28-3)29(26,27)15-6-4-14(20)5-7-15/h4-7,12H,8-11H2,1-3H3. The highest BCUT2D eigenvalue weighted by Gasteiger charge is 2.30. The van der Waals surface area contributed by atoms with Gasteiger partial charge in [0, 0.05) is 37.9 Å². The van der Waals surface area contributed by atoms with Gasteiger partial charge in [-0.1, -0.05) is 0 Å². The first kappa shape index (κ1) is 20.1. The number of hydrogen-bond donors (Lipinski definition) is 0. The van der Waals surface area contributed by atoms with Crippen molar-refractivity contribution < 1.29 is 12.8 Å². The molecular weight excluding hydrogens is 413 g/mol. The summed E-state index contributed by atoms with van der Waals surface area (Å²) in [6, 6.07) is 6.77. The van der Waals surface area contributed by atoms with Crippen molar-refractivity contribution in [1.82, 2.24) is 19.5 Å². The van der Waals surface area contributed by atoms with E-state index in [1.54, 1.807) is 10.8 Å². The largest absolute Gasteiger partial charge is 0.354 e. The van der Waals surface area contributed by atoms with E-state index in [0.29, 0.717) is 10.7 Å². The fraction of sp³-hybridized carbons (Fsp3) is 0.368. The van der Waals surface area contributed by atoms with Crippen LogP contribution in [0.1, 0.15) is 5.69 Å². The van der Waals surface area contributed by atoms with Gasteiger partial charge in [-0.05, 0) is 44.5 Å². The maximum Gasteiger partial charge on any atom is 0.213 e. The molecule has 0 atom stereocenters. The van der Waals surface area contributed by atoms with E-state index in [-0.39, 0.29) is 9.79 Å². The molecule has 0 radical (unpaired) electrons. The Kier molecular flexibility index (Phi) is 5.26. The Hall–Kier alpha value is -2.17. The highest BCUT2D eigenvalue weighted by Crippen LogP contribution is 2.34. The van der Waals surface area contributed by atoms with Crippen LogP contribution in [0.2, 0.25) is 0 Å². The third-order valence-electron chi connectivity index (χ3n) is 5.04. The lowest BCUT2D eigenvalue weighted by Gasteiger charge is -2.34. The summed E-state index contributed by atoms with van der Waals surface area (Å²) in [5.41, 5.74) is 1.02. The number of likely N-dealkylation sites (N-methyl/N-ethyl adjacent to an activating group) is 1. The van der Waals surface area contributed by atoms with Crippen LogP contribution in [0, 0.1) is 12.7 Å². The van der Waals surface area contributed by atoms with Gasteiger partial charge >= 0.3 is 0 Å². The molecular formula is C19H22FN5O2S2. The van der Waals surface area contributed by atoms with E-state index in [1.807, 2.05) is 13.0 Å². The predicted molar refractivity (Wildman–Crippen MR) is 111 cm³/mol. The third kappa shape index (κ3) is 3.60. The number of aryl methyl sites for hydroxylation is 1. The first-order valence-corrected chi connectivity index (χ1v) is 11.9. The topological polar surface area (TPSA) is 70.8 Å². The average Bonchev–Trinajstić information content (AvgIpc) is 3.07. The lowest BCUT2D eigenvalue weighted by molar-refractivity contribution is 0.311. The van der Waals surface area contributed by atoms with Gasteiger partial charge in [0.25, 0.3) is 0 Å². The summed E-state index contributed by atoms with van der Waals surface area (Å²) >= 11 is 1.26. The maximum atomic E-state index is 13.4. The van der Waals surface area contributed by atoms with Crippen molar-refractivity contribution in [2.24, 2.45) is 0 Å². The van der Waals surface area contributed by atoms with Gasteiger partial charge in [-0.2, -0.15) is 9.61 Å². The van der Waals surface area contributed by atoms with E-state index in [4.69, 9.17) is 0 Å². The number of anilines is 1. The normalized spacial score (nSPS) is 15.9. The molecule has 154 valence electrons. The lowest BCUT2D eigenvalue weighted by atomic mass is 10.3. The summed E-state index contributed by atoms with van der Waals surface area (Å²) in [4.78, 5) is 9.06. The van der Waals surface area contributed by atoms with E-state index >= 15 is 0 Å². The molecule has 1 saturated heterocycles. The molecule has 1 fully saturated rings. The van der Waals surface area contributed by atoms with Crippen molar-refractivity contribution in [3.63, 3.8) is 0 Å². The van der Waals surface area contributed by atoms with Gasteiger partial charge < -0.3 is 9.80 Å². The lowest BCUT2D eigenvalue weighted by Crippen LogP contribution is -2.45. The number of thioether (sulfide) groups is 1. The SMILES string of the molecule is CSc1nn2c(N3CCN(C)CC3)cc(C)nc2c1S(=O)(=O)c1ccc(F)cc1.